The first kappa shape index (κ1) is 16.1. The molecule has 1 aromatic carbocycles. The number of benzene rings is 1. The highest BCUT2D eigenvalue weighted by atomic mass is 35.5. The van der Waals surface area contributed by atoms with Gasteiger partial charge in [0.2, 0.25) is 0 Å². The summed E-state index contributed by atoms with van der Waals surface area (Å²) < 4.78 is 5.47. The molecule has 0 amide bonds. The summed E-state index contributed by atoms with van der Waals surface area (Å²) in [5.41, 5.74) is 1.12. The second kappa shape index (κ2) is 8.20. The van der Waals surface area contributed by atoms with E-state index in [0.29, 0.717) is 11.1 Å². The van der Waals surface area contributed by atoms with Crippen LogP contribution in [0.15, 0.2) is 18.2 Å². The third kappa shape index (κ3) is 4.61. The Bertz CT molecular complexity index is 422. The molecule has 1 aliphatic rings. The van der Waals surface area contributed by atoms with Crippen LogP contribution in [0, 0.1) is 0 Å². The van der Waals surface area contributed by atoms with E-state index in [-0.39, 0.29) is 6.04 Å². The van der Waals surface area contributed by atoms with E-state index >= 15 is 0 Å². The Morgan fingerprint density at radius 1 is 1.45 bits per heavy atom. The van der Waals surface area contributed by atoms with Crippen molar-refractivity contribution >= 4 is 23.2 Å². The first-order chi connectivity index (χ1) is 9.70. The van der Waals surface area contributed by atoms with E-state index in [1.54, 1.807) is 0 Å². The molecule has 2 atom stereocenters. The highest BCUT2D eigenvalue weighted by molar-refractivity contribution is 6.35. The summed E-state index contributed by atoms with van der Waals surface area (Å²) in [6.07, 6.45) is 2.15. The molecule has 112 valence electrons. The van der Waals surface area contributed by atoms with E-state index in [1.165, 1.54) is 0 Å². The summed E-state index contributed by atoms with van der Waals surface area (Å²) in [5, 5.41) is 8.46. The zero-order valence-electron chi connectivity index (χ0n) is 11.8. The smallest absolute Gasteiger partial charge is 0.0632 e. The minimum atomic E-state index is 0.258. The zero-order chi connectivity index (χ0) is 14.4. The monoisotopic (exact) mass is 316 g/mol. The summed E-state index contributed by atoms with van der Waals surface area (Å²) in [5.74, 6) is 0. The van der Waals surface area contributed by atoms with Gasteiger partial charge in [0.25, 0.3) is 0 Å². The van der Waals surface area contributed by atoms with Crippen LogP contribution in [0.25, 0.3) is 0 Å². The molecule has 0 radical (unpaired) electrons. The molecule has 1 heterocycles. The van der Waals surface area contributed by atoms with E-state index in [0.717, 1.165) is 49.7 Å². The summed E-state index contributed by atoms with van der Waals surface area (Å²) in [7, 11) is 0. The molecule has 5 heteroatoms. The second-order valence-corrected chi connectivity index (χ2v) is 5.98. The van der Waals surface area contributed by atoms with E-state index < -0.39 is 0 Å². The fourth-order valence-corrected chi connectivity index (χ4v) is 3.02. The molecule has 2 rings (SSSR count). The van der Waals surface area contributed by atoms with Gasteiger partial charge in [-0.15, -0.1) is 0 Å². The number of rotatable bonds is 6. The van der Waals surface area contributed by atoms with Crippen LogP contribution in [0.1, 0.15) is 31.4 Å². The van der Waals surface area contributed by atoms with Crippen LogP contribution in [0.5, 0.6) is 0 Å². The molecule has 3 nitrogen and oxygen atoms in total. The molecule has 0 spiro atoms. The van der Waals surface area contributed by atoms with E-state index in [4.69, 9.17) is 27.9 Å². The third-order valence-electron chi connectivity index (χ3n) is 3.52. The van der Waals surface area contributed by atoms with Crippen molar-refractivity contribution in [2.45, 2.75) is 31.8 Å². The molecule has 0 aliphatic carbocycles. The number of hydrogen-bond acceptors (Lipinski definition) is 3. The molecule has 1 fully saturated rings. The summed E-state index contributed by atoms with van der Waals surface area (Å²) in [6.45, 7) is 5.55. The largest absolute Gasteiger partial charge is 0.378 e. The highest BCUT2D eigenvalue weighted by Gasteiger charge is 2.18. The maximum Gasteiger partial charge on any atom is 0.0632 e. The fourth-order valence-electron chi connectivity index (χ4n) is 2.48. The number of nitrogens with one attached hydrogen (secondary N) is 2. The van der Waals surface area contributed by atoms with Crippen LogP contribution < -0.4 is 10.6 Å². The van der Waals surface area contributed by atoms with Gasteiger partial charge < -0.3 is 15.4 Å². The molecule has 0 aromatic heterocycles. The van der Waals surface area contributed by atoms with Crippen molar-refractivity contribution in [1.29, 1.82) is 0 Å². The average Bonchev–Trinajstić information content (AvgIpc) is 2.45. The standard InChI is InChI=1S/C15H22Cl2N2O/c1-2-3-15(13-5-4-11(16)8-14(13)17)19-9-12-10-20-7-6-18-12/h4-5,8,12,15,18-19H,2-3,6-7,9-10H2,1H3. The van der Waals surface area contributed by atoms with Gasteiger partial charge in [-0.25, -0.2) is 0 Å². The number of hydrogen-bond donors (Lipinski definition) is 2. The lowest BCUT2D eigenvalue weighted by atomic mass is 10.0. The highest BCUT2D eigenvalue weighted by Crippen LogP contribution is 2.28. The van der Waals surface area contributed by atoms with Crippen LogP contribution in [0.2, 0.25) is 10.0 Å². The van der Waals surface area contributed by atoms with E-state index in [2.05, 4.69) is 17.6 Å². The summed E-state index contributed by atoms with van der Waals surface area (Å²) in [4.78, 5) is 0. The molecule has 2 N–H and O–H groups in total. The third-order valence-corrected chi connectivity index (χ3v) is 4.09. The Morgan fingerprint density at radius 3 is 2.95 bits per heavy atom. The molecule has 1 aromatic rings. The molecule has 0 bridgehead atoms. The minimum absolute atomic E-state index is 0.258. The van der Waals surface area contributed by atoms with Gasteiger partial charge in [0, 0.05) is 35.2 Å². The minimum Gasteiger partial charge on any atom is -0.378 e. The molecule has 2 unspecified atom stereocenters. The van der Waals surface area contributed by atoms with Crippen molar-refractivity contribution in [3.63, 3.8) is 0 Å². The first-order valence-corrected chi connectivity index (χ1v) is 7.95. The van der Waals surface area contributed by atoms with Crippen LogP contribution in [-0.2, 0) is 4.74 Å². The van der Waals surface area contributed by atoms with Gasteiger partial charge in [-0.3, -0.25) is 0 Å². The van der Waals surface area contributed by atoms with Gasteiger partial charge >= 0.3 is 0 Å². The Kier molecular flexibility index (Phi) is 6.59. The van der Waals surface area contributed by atoms with Crippen LogP contribution in [0.4, 0.5) is 0 Å². The van der Waals surface area contributed by atoms with Gasteiger partial charge in [-0.1, -0.05) is 42.6 Å². The number of morpholine rings is 1. The normalized spacial score (nSPS) is 20.9. The van der Waals surface area contributed by atoms with Crippen molar-refractivity contribution < 1.29 is 4.74 Å². The average molecular weight is 317 g/mol. The first-order valence-electron chi connectivity index (χ1n) is 7.20. The molecular weight excluding hydrogens is 295 g/mol. The van der Waals surface area contributed by atoms with E-state index in [9.17, 15) is 0 Å². The van der Waals surface area contributed by atoms with Gasteiger partial charge in [-0.05, 0) is 24.1 Å². The predicted octanol–water partition coefficient (Wildman–Crippen LogP) is 3.41. The maximum atomic E-state index is 6.32. The van der Waals surface area contributed by atoms with Crippen LogP contribution in [-0.4, -0.2) is 32.3 Å². The fraction of sp³-hybridized carbons (Fsp3) is 0.600. The van der Waals surface area contributed by atoms with Gasteiger partial charge in [0.15, 0.2) is 0 Å². The van der Waals surface area contributed by atoms with Gasteiger partial charge in [-0.2, -0.15) is 0 Å². The molecule has 0 saturated carbocycles. The SMILES string of the molecule is CCCC(NCC1COCCN1)c1ccc(Cl)cc1Cl. The quantitative estimate of drug-likeness (QED) is 0.843. The Balaban J connectivity index is 1.98. The van der Waals surface area contributed by atoms with Crippen molar-refractivity contribution in [2.75, 3.05) is 26.3 Å². The van der Waals surface area contributed by atoms with Crippen LogP contribution in [0.3, 0.4) is 0 Å². The summed E-state index contributed by atoms with van der Waals surface area (Å²) in [6, 6.07) is 6.35. The predicted molar refractivity (Wildman–Crippen MR) is 84.7 cm³/mol. The Hall–Kier alpha value is -0.320. The van der Waals surface area contributed by atoms with Crippen LogP contribution >= 0.6 is 23.2 Å². The van der Waals surface area contributed by atoms with Gasteiger partial charge in [0.1, 0.15) is 0 Å². The Morgan fingerprint density at radius 2 is 2.30 bits per heavy atom. The topological polar surface area (TPSA) is 33.3 Å². The molecule has 1 saturated heterocycles. The van der Waals surface area contributed by atoms with Crippen molar-refractivity contribution in [2.24, 2.45) is 0 Å². The molecule has 20 heavy (non-hydrogen) atoms. The lowest BCUT2D eigenvalue weighted by Gasteiger charge is -2.27. The molecule has 1 aliphatic heterocycles. The van der Waals surface area contributed by atoms with Crippen molar-refractivity contribution in [3.8, 4) is 0 Å². The lowest BCUT2D eigenvalue weighted by molar-refractivity contribution is 0.0756. The van der Waals surface area contributed by atoms with Crippen molar-refractivity contribution in [1.82, 2.24) is 10.6 Å². The molecular formula is C15H22Cl2N2O. The maximum absolute atomic E-state index is 6.32. The van der Waals surface area contributed by atoms with Crippen molar-refractivity contribution in [3.05, 3.63) is 33.8 Å². The van der Waals surface area contributed by atoms with E-state index in [1.807, 2.05) is 18.2 Å². The van der Waals surface area contributed by atoms with Gasteiger partial charge in [0.05, 0.1) is 13.2 Å². The lowest BCUT2D eigenvalue weighted by Crippen LogP contribution is -2.47. The number of halogens is 2. The summed E-state index contributed by atoms with van der Waals surface area (Å²) >= 11 is 12.3. The Labute approximate surface area is 131 Å². The second-order valence-electron chi connectivity index (χ2n) is 5.14. The zero-order valence-corrected chi connectivity index (χ0v) is 13.3. The number of ether oxygens (including phenoxy) is 1.